The number of anilines is 2. The summed E-state index contributed by atoms with van der Waals surface area (Å²) in [5.74, 6) is -1.05. The minimum atomic E-state index is -0.532. The van der Waals surface area contributed by atoms with Crippen LogP contribution in [0.25, 0.3) is 10.9 Å². The molecule has 0 saturated heterocycles. The highest BCUT2D eigenvalue weighted by molar-refractivity contribution is 6.31. The Labute approximate surface area is 129 Å². The topological polar surface area (TPSA) is 48.7 Å². The van der Waals surface area contributed by atoms with Gasteiger partial charge in [0.2, 0.25) is 0 Å². The summed E-state index contributed by atoms with van der Waals surface area (Å²) in [7, 11) is 0. The molecule has 1 aromatic heterocycles. The zero-order chi connectivity index (χ0) is 15.7. The summed E-state index contributed by atoms with van der Waals surface area (Å²) in [6.07, 6.45) is 0. The van der Waals surface area contributed by atoms with Gasteiger partial charge in [-0.3, -0.25) is 0 Å². The highest BCUT2D eigenvalue weighted by Crippen LogP contribution is 2.29. The third-order valence-electron chi connectivity index (χ3n) is 3.10. The van der Waals surface area contributed by atoms with Crippen molar-refractivity contribution in [2.75, 3.05) is 5.32 Å². The molecule has 0 aliphatic rings. The van der Waals surface area contributed by atoms with Crippen molar-refractivity contribution < 1.29 is 8.78 Å². The molecule has 6 heteroatoms. The van der Waals surface area contributed by atoms with Crippen LogP contribution in [0.15, 0.2) is 42.5 Å². The van der Waals surface area contributed by atoms with Crippen LogP contribution >= 0.6 is 11.6 Å². The average Bonchev–Trinajstić information content (AvgIpc) is 2.51. The predicted molar refractivity (Wildman–Crippen MR) is 81.1 cm³/mol. The molecular formula is C16H8ClF2N3. The first-order valence-corrected chi connectivity index (χ1v) is 6.68. The Morgan fingerprint density at radius 2 is 1.91 bits per heavy atom. The van der Waals surface area contributed by atoms with Gasteiger partial charge >= 0.3 is 0 Å². The minimum Gasteiger partial charge on any atom is -0.355 e. The highest BCUT2D eigenvalue weighted by atomic mass is 35.5. The first kappa shape index (κ1) is 14.2. The second-order valence-corrected chi connectivity index (χ2v) is 4.96. The van der Waals surface area contributed by atoms with Crippen LogP contribution in [0.3, 0.4) is 0 Å². The van der Waals surface area contributed by atoms with Gasteiger partial charge in [0.15, 0.2) is 0 Å². The summed E-state index contributed by atoms with van der Waals surface area (Å²) in [6, 6.07) is 12.0. The van der Waals surface area contributed by atoms with E-state index in [2.05, 4.69) is 10.3 Å². The summed E-state index contributed by atoms with van der Waals surface area (Å²) in [4.78, 5) is 3.97. The number of hydrogen-bond acceptors (Lipinski definition) is 3. The van der Waals surface area contributed by atoms with Crippen LogP contribution in [0.2, 0.25) is 5.02 Å². The molecule has 0 radical (unpaired) electrons. The molecular weight excluding hydrogens is 308 g/mol. The van der Waals surface area contributed by atoms with Crippen molar-refractivity contribution in [2.45, 2.75) is 0 Å². The Bertz CT molecular complexity index is 919. The van der Waals surface area contributed by atoms with E-state index in [4.69, 9.17) is 16.9 Å². The number of para-hydroxylation sites is 1. The van der Waals surface area contributed by atoms with Crippen LogP contribution in [-0.4, -0.2) is 4.98 Å². The molecule has 1 N–H and O–H groups in total. The van der Waals surface area contributed by atoms with Crippen LogP contribution in [-0.2, 0) is 0 Å². The third kappa shape index (κ3) is 2.57. The standard InChI is InChI=1S/C16H8ClF2N3/c17-12-6-9(4-5-13(12)18)21-15-7-10(8-20)22-16-11(15)2-1-3-14(16)19/h1-7H,(H,21,22). The van der Waals surface area contributed by atoms with Crippen molar-refractivity contribution in [2.24, 2.45) is 0 Å². The lowest BCUT2D eigenvalue weighted by Gasteiger charge is -2.11. The molecule has 0 fully saturated rings. The molecule has 2 aromatic carbocycles. The molecule has 3 nitrogen and oxygen atoms in total. The van der Waals surface area contributed by atoms with E-state index in [1.165, 1.54) is 30.3 Å². The molecule has 0 saturated carbocycles. The lowest BCUT2D eigenvalue weighted by molar-refractivity contribution is 0.628. The van der Waals surface area contributed by atoms with E-state index >= 15 is 0 Å². The average molecular weight is 316 g/mol. The number of pyridine rings is 1. The van der Waals surface area contributed by atoms with Gasteiger partial charge in [0, 0.05) is 11.1 Å². The zero-order valence-corrected chi connectivity index (χ0v) is 11.8. The van der Waals surface area contributed by atoms with Gasteiger partial charge in [0.05, 0.1) is 10.7 Å². The maximum atomic E-state index is 13.9. The first-order chi connectivity index (χ1) is 10.6. The van der Waals surface area contributed by atoms with Crippen LogP contribution in [0.1, 0.15) is 5.69 Å². The van der Waals surface area contributed by atoms with Crippen molar-refractivity contribution in [3.8, 4) is 6.07 Å². The summed E-state index contributed by atoms with van der Waals surface area (Å²) >= 11 is 5.74. The van der Waals surface area contributed by atoms with Gasteiger partial charge < -0.3 is 5.32 Å². The number of halogens is 3. The van der Waals surface area contributed by atoms with Gasteiger partial charge in [-0.2, -0.15) is 5.26 Å². The number of rotatable bonds is 2. The van der Waals surface area contributed by atoms with E-state index in [0.717, 1.165) is 0 Å². The van der Waals surface area contributed by atoms with Crippen molar-refractivity contribution >= 4 is 33.9 Å². The van der Waals surface area contributed by atoms with E-state index in [1.54, 1.807) is 12.1 Å². The van der Waals surface area contributed by atoms with E-state index in [1.807, 2.05) is 6.07 Å². The smallest absolute Gasteiger partial charge is 0.149 e. The Hall–Kier alpha value is -2.71. The maximum Gasteiger partial charge on any atom is 0.149 e. The van der Waals surface area contributed by atoms with E-state index in [9.17, 15) is 8.78 Å². The summed E-state index contributed by atoms with van der Waals surface area (Å²) < 4.78 is 27.1. The summed E-state index contributed by atoms with van der Waals surface area (Å²) in [5.41, 5.74) is 1.18. The quantitative estimate of drug-likeness (QED) is 0.740. The fourth-order valence-electron chi connectivity index (χ4n) is 2.10. The van der Waals surface area contributed by atoms with Gasteiger partial charge in [-0.1, -0.05) is 23.7 Å². The number of nitrogens with zero attached hydrogens (tertiary/aromatic N) is 2. The van der Waals surface area contributed by atoms with Gasteiger partial charge in [-0.05, 0) is 30.3 Å². The Kier molecular flexibility index (Phi) is 3.61. The van der Waals surface area contributed by atoms with Crippen LogP contribution in [0.5, 0.6) is 0 Å². The molecule has 108 valence electrons. The third-order valence-corrected chi connectivity index (χ3v) is 3.39. The monoisotopic (exact) mass is 315 g/mol. The Morgan fingerprint density at radius 1 is 1.09 bits per heavy atom. The number of fused-ring (bicyclic) bond motifs is 1. The SMILES string of the molecule is N#Cc1cc(Nc2ccc(F)c(Cl)c2)c2cccc(F)c2n1. The number of nitrogens with one attached hydrogen (secondary N) is 1. The number of hydrogen-bond donors (Lipinski definition) is 1. The number of nitriles is 1. The Balaban J connectivity index is 2.15. The molecule has 3 rings (SSSR count). The first-order valence-electron chi connectivity index (χ1n) is 6.30. The van der Waals surface area contributed by atoms with Crippen LogP contribution in [0, 0.1) is 23.0 Å². The van der Waals surface area contributed by atoms with Crippen LogP contribution < -0.4 is 5.32 Å². The molecule has 3 aromatic rings. The number of benzene rings is 2. The van der Waals surface area contributed by atoms with Crippen molar-refractivity contribution in [1.82, 2.24) is 4.98 Å². The summed E-state index contributed by atoms with van der Waals surface area (Å²) in [5, 5.41) is 12.5. The largest absolute Gasteiger partial charge is 0.355 e. The maximum absolute atomic E-state index is 13.9. The van der Waals surface area contributed by atoms with Gasteiger partial charge in [0.1, 0.15) is 28.9 Å². The fourth-order valence-corrected chi connectivity index (χ4v) is 2.28. The van der Waals surface area contributed by atoms with E-state index < -0.39 is 11.6 Å². The van der Waals surface area contributed by atoms with Gasteiger partial charge in [-0.15, -0.1) is 0 Å². The molecule has 1 heterocycles. The lowest BCUT2D eigenvalue weighted by atomic mass is 10.1. The fraction of sp³-hybridized carbons (Fsp3) is 0. The molecule has 0 bridgehead atoms. The molecule has 0 aliphatic heterocycles. The molecule has 0 atom stereocenters. The minimum absolute atomic E-state index is 0.0324. The molecule has 0 aliphatic carbocycles. The normalized spacial score (nSPS) is 10.5. The van der Waals surface area contributed by atoms with Crippen molar-refractivity contribution in [3.63, 3.8) is 0 Å². The predicted octanol–water partition coefficient (Wildman–Crippen LogP) is 4.78. The number of aromatic nitrogens is 1. The molecule has 0 amide bonds. The van der Waals surface area contributed by atoms with E-state index in [0.29, 0.717) is 16.8 Å². The molecule has 0 spiro atoms. The Morgan fingerprint density at radius 3 is 2.64 bits per heavy atom. The molecule has 22 heavy (non-hydrogen) atoms. The zero-order valence-electron chi connectivity index (χ0n) is 11.1. The van der Waals surface area contributed by atoms with Crippen molar-refractivity contribution in [1.29, 1.82) is 5.26 Å². The lowest BCUT2D eigenvalue weighted by Crippen LogP contribution is -1.97. The second kappa shape index (κ2) is 5.58. The van der Waals surface area contributed by atoms with E-state index in [-0.39, 0.29) is 16.2 Å². The summed E-state index contributed by atoms with van der Waals surface area (Å²) in [6.45, 7) is 0. The highest BCUT2D eigenvalue weighted by Gasteiger charge is 2.10. The van der Waals surface area contributed by atoms with Crippen LogP contribution in [0.4, 0.5) is 20.2 Å². The molecule has 0 unspecified atom stereocenters. The van der Waals surface area contributed by atoms with Gasteiger partial charge in [0.25, 0.3) is 0 Å². The van der Waals surface area contributed by atoms with Gasteiger partial charge in [-0.25, -0.2) is 13.8 Å². The second-order valence-electron chi connectivity index (χ2n) is 4.56. The van der Waals surface area contributed by atoms with Crippen molar-refractivity contribution in [3.05, 3.63) is 64.8 Å².